The number of fused-ring (bicyclic) bond motifs is 15. The summed E-state index contributed by atoms with van der Waals surface area (Å²) in [6.07, 6.45) is 0. The topological polar surface area (TPSA) is 97.1 Å². The van der Waals surface area contributed by atoms with E-state index in [1.165, 1.54) is 42.0 Å². The van der Waals surface area contributed by atoms with Gasteiger partial charge >= 0.3 is 0 Å². The number of benzene rings is 18. The highest BCUT2D eigenvalue weighted by atomic mass is 32.1. The molecule has 0 atom stereocenters. The summed E-state index contributed by atoms with van der Waals surface area (Å²) in [5.74, 6) is 3.59. The number of rotatable bonds is 14. The third kappa shape index (κ3) is 12.0. The first kappa shape index (κ1) is 71.3. The summed E-state index contributed by atoms with van der Waals surface area (Å²) >= 11 is 1.81. The summed E-state index contributed by atoms with van der Waals surface area (Å²) in [7, 11) is 0. The monoisotopic (exact) mass is 1610 g/mol. The van der Waals surface area contributed by atoms with E-state index in [1.807, 2.05) is 36.4 Å². The van der Waals surface area contributed by atoms with E-state index in [9.17, 15) is 0 Å². The molecule has 25 aromatic rings. The zero-order valence-corrected chi connectivity index (χ0v) is 68.1. The molecular formula is C114H70N10S. The Morgan fingerprint density at radius 3 is 1.00 bits per heavy atom. The molecule has 0 N–H and O–H groups in total. The Bertz CT molecular complexity index is 8630. The fourth-order valence-electron chi connectivity index (χ4n) is 19.1. The van der Waals surface area contributed by atoms with Crippen molar-refractivity contribution < 1.29 is 0 Å². The van der Waals surface area contributed by atoms with Crippen LogP contribution >= 0.6 is 11.3 Å². The maximum atomic E-state index is 5.46. The van der Waals surface area contributed by atoms with Crippen molar-refractivity contribution in [1.82, 2.24) is 48.2 Å². The van der Waals surface area contributed by atoms with Crippen molar-refractivity contribution in [1.29, 1.82) is 0 Å². The summed E-state index contributed by atoms with van der Waals surface area (Å²) in [5, 5.41) is 11.6. The molecule has 25 rings (SSSR count). The lowest BCUT2D eigenvalue weighted by molar-refractivity contribution is 1.07. The van der Waals surface area contributed by atoms with Crippen LogP contribution in [0.25, 0.3) is 243 Å². The van der Waals surface area contributed by atoms with Gasteiger partial charge in [-0.25, -0.2) is 29.9 Å². The molecule has 0 aliphatic carbocycles. The van der Waals surface area contributed by atoms with Crippen LogP contribution in [0.2, 0.25) is 0 Å². The van der Waals surface area contributed by atoms with Gasteiger partial charge in [0, 0.05) is 119 Å². The van der Waals surface area contributed by atoms with Gasteiger partial charge in [0.2, 0.25) is 0 Å². The predicted molar refractivity (Wildman–Crippen MR) is 518 cm³/mol. The Kier molecular flexibility index (Phi) is 16.6. The molecule has 0 unspecified atom stereocenters. The van der Waals surface area contributed by atoms with Gasteiger partial charge in [-0.1, -0.05) is 273 Å². The fourth-order valence-corrected chi connectivity index (χ4v) is 20.2. The van der Waals surface area contributed by atoms with Gasteiger partial charge < -0.3 is 18.3 Å². The van der Waals surface area contributed by atoms with Crippen molar-refractivity contribution in [2.75, 3.05) is 0 Å². The normalized spacial score (nSPS) is 11.8. The van der Waals surface area contributed by atoms with Gasteiger partial charge in [-0.05, 0) is 196 Å². The summed E-state index contributed by atoms with van der Waals surface area (Å²) in [6, 6.07) is 153. The molecule has 0 amide bonds. The first-order chi connectivity index (χ1) is 61.9. The number of hydrogen-bond donors (Lipinski definition) is 0. The highest BCUT2D eigenvalue weighted by Gasteiger charge is 2.26. The molecule has 0 aliphatic heterocycles. The third-order valence-corrected chi connectivity index (χ3v) is 26.0. The third-order valence-electron chi connectivity index (χ3n) is 24.9. The molecule has 0 radical (unpaired) electrons. The molecule has 11 heteroatoms. The Morgan fingerprint density at radius 2 is 0.464 bits per heavy atom. The molecule has 0 fully saturated rings. The molecule has 125 heavy (non-hydrogen) atoms. The predicted octanol–water partition coefficient (Wildman–Crippen LogP) is 29.5. The van der Waals surface area contributed by atoms with Crippen molar-refractivity contribution in [3.63, 3.8) is 0 Å². The number of hydrogen-bond acceptors (Lipinski definition) is 7. The average Bonchev–Trinajstić information content (AvgIpc) is 1.57. The fraction of sp³-hybridized carbons (Fsp3) is 0. The van der Waals surface area contributed by atoms with Crippen molar-refractivity contribution in [3.8, 4) is 136 Å². The van der Waals surface area contributed by atoms with E-state index >= 15 is 0 Å². The lowest BCUT2D eigenvalue weighted by Crippen LogP contribution is -2.00. The van der Waals surface area contributed by atoms with Crippen molar-refractivity contribution >= 4 is 119 Å². The van der Waals surface area contributed by atoms with Crippen molar-refractivity contribution in [2.24, 2.45) is 0 Å². The van der Waals surface area contributed by atoms with Crippen LogP contribution in [0.15, 0.2) is 425 Å². The zero-order chi connectivity index (χ0) is 82.2. The maximum absolute atomic E-state index is 5.46. The minimum Gasteiger partial charge on any atom is -0.309 e. The molecule has 7 aromatic heterocycles. The average molecular weight is 1610 g/mol. The molecule has 0 saturated carbocycles. The highest BCUT2D eigenvalue weighted by molar-refractivity contribution is 7.25. The number of nitrogens with zero attached hydrogens (tertiary/aromatic N) is 10. The lowest BCUT2D eigenvalue weighted by Gasteiger charge is -2.11. The van der Waals surface area contributed by atoms with E-state index in [4.69, 9.17) is 29.9 Å². The van der Waals surface area contributed by atoms with Crippen LogP contribution in [0.3, 0.4) is 0 Å². The van der Waals surface area contributed by atoms with E-state index < -0.39 is 0 Å². The maximum Gasteiger partial charge on any atom is 0.164 e. The standard InChI is InChI=1S/C114H70N10S/c1-7-26-72(27-8-1)109-115-111(118-112(116-109)81-31-23-30-80(64-81)87-42-24-45-102-107(87)95-67-77(55-61-100(95)122(102)84-34-13-4-14-35-84)75-53-59-98-92(65-75)88-40-19-21-44-97(88)121(98)83-32-11-3-12-33-83)74-50-48-71(49-51-74)79-52-58-89-93-66-76(54-60-99(93)124(104(89)70-79)86-38-17-6-18-39-86)78-56-62-101-96(68-78)108-91(43-25-46-103(108)123(101)85-36-15-5-16-37-85)114-119-110(73-28-9-2-10-29-73)117-113(120-114)82-57-63-106-94(69-82)90-41-20-22-47-105(90)125-106/h1-70H. The van der Waals surface area contributed by atoms with Crippen molar-refractivity contribution in [2.45, 2.75) is 0 Å². The molecule has 0 bridgehead atoms. The first-order valence-corrected chi connectivity index (χ1v) is 43.0. The quantitative estimate of drug-likeness (QED) is 0.108. The summed E-state index contributed by atoms with van der Waals surface area (Å²) in [6.45, 7) is 0. The van der Waals surface area contributed by atoms with Crippen LogP contribution in [0.4, 0.5) is 0 Å². The Labute approximate surface area is 722 Å². The summed E-state index contributed by atoms with van der Waals surface area (Å²) < 4.78 is 12.0. The minimum absolute atomic E-state index is 0.581. The van der Waals surface area contributed by atoms with E-state index in [0.717, 1.165) is 166 Å². The Balaban J connectivity index is 0.578. The summed E-state index contributed by atoms with van der Waals surface area (Å²) in [4.78, 5) is 32.1. The van der Waals surface area contributed by atoms with E-state index in [-0.39, 0.29) is 0 Å². The number of thiophene rings is 1. The SMILES string of the molecule is c1ccc(-c2nc(-c3ccc(-c4ccc5c6cc(-c7ccc8c(c7)c7c(-c9nc(-c%10ccccc%10)nc(-c%10ccc%11sc%12ccccc%12c%11c%10)n9)cccc7n8-c7ccccc7)ccc6n(-c6ccccc6)c5c4)cc3)nc(-c3cccc(-c4cccc5c4c4cc(-c6ccc7c(c6)c6ccccc6n7-c6ccccc6)ccc4n5-c4ccccc4)c3)n2)cc1. The second-order valence-corrected chi connectivity index (χ2v) is 33.2. The Hall–Kier alpha value is -16.6. The molecule has 0 saturated heterocycles. The van der Waals surface area contributed by atoms with Gasteiger partial charge in [0.15, 0.2) is 34.9 Å². The van der Waals surface area contributed by atoms with Gasteiger partial charge in [0.05, 0.1) is 44.1 Å². The van der Waals surface area contributed by atoms with Crippen LogP contribution in [0.5, 0.6) is 0 Å². The second-order valence-electron chi connectivity index (χ2n) is 32.1. The van der Waals surface area contributed by atoms with E-state index in [0.29, 0.717) is 34.9 Å². The molecule has 7 heterocycles. The molecule has 0 spiro atoms. The Morgan fingerprint density at radius 1 is 0.152 bits per heavy atom. The van der Waals surface area contributed by atoms with Crippen LogP contribution < -0.4 is 0 Å². The molecular weight excluding hydrogens is 1540 g/mol. The van der Waals surface area contributed by atoms with Gasteiger partial charge in [0.25, 0.3) is 0 Å². The highest BCUT2D eigenvalue weighted by Crippen LogP contribution is 2.47. The smallest absolute Gasteiger partial charge is 0.164 e. The van der Waals surface area contributed by atoms with Crippen LogP contribution in [0.1, 0.15) is 0 Å². The first-order valence-electron chi connectivity index (χ1n) is 42.2. The molecule has 582 valence electrons. The van der Waals surface area contributed by atoms with Crippen LogP contribution in [-0.2, 0) is 0 Å². The minimum atomic E-state index is 0.581. The summed E-state index contributed by atoms with van der Waals surface area (Å²) in [5.41, 5.74) is 27.6. The van der Waals surface area contributed by atoms with Crippen LogP contribution in [-0.4, -0.2) is 48.2 Å². The van der Waals surface area contributed by atoms with Gasteiger partial charge in [0.1, 0.15) is 0 Å². The van der Waals surface area contributed by atoms with Crippen molar-refractivity contribution in [3.05, 3.63) is 425 Å². The van der Waals surface area contributed by atoms with Gasteiger partial charge in [-0.2, -0.15) is 0 Å². The number of para-hydroxylation sites is 5. The van der Waals surface area contributed by atoms with E-state index in [1.54, 1.807) is 11.3 Å². The zero-order valence-electron chi connectivity index (χ0n) is 67.3. The largest absolute Gasteiger partial charge is 0.309 e. The molecule has 18 aromatic carbocycles. The van der Waals surface area contributed by atoms with Gasteiger partial charge in [-0.3, -0.25) is 0 Å². The van der Waals surface area contributed by atoms with Crippen LogP contribution in [0, 0.1) is 0 Å². The second kappa shape index (κ2) is 29.1. The molecule has 10 nitrogen and oxygen atoms in total. The molecule has 0 aliphatic rings. The lowest BCUT2D eigenvalue weighted by atomic mass is 9.96. The van der Waals surface area contributed by atoms with E-state index in [2.05, 4.69) is 407 Å². The number of aromatic nitrogens is 10. The van der Waals surface area contributed by atoms with Gasteiger partial charge in [-0.15, -0.1) is 11.3 Å².